The van der Waals surface area contributed by atoms with E-state index in [0.717, 1.165) is 37.0 Å². The number of nitrogens with zero attached hydrogens (tertiary/aromatic N) is 2. The van der Waals surface area contributed by atoms with E-state index in [4.69, 9.17) is 4.42 Å². The van der Waals surface area contributed by atoms with Crippen molar-refractivity contribution in [2.24, 2.45) is 0 Å². The zero-order valence-electron chi connectivity index (χ0n) is 14.3. The molecule has 1 aromatic heterocycles. The van der Waals surface area contributed by atoms with Gasteiger partial charge in [-0.1, -0.05) is 0 Å². The van der Waals surface area contributed by atoms with Crippen molar-refractivity contribution in [1.82, 2.24) is 15.1 Å². The zero-order valence-corrected chi connectivity index (χ0v) is 14.3. The number of fused-ring (bicyclic) bond motifs is 1. The van der Waals surface area contributed by atoms with E-state index in [-0.39, 0.29) is 0 Å². The molecule has 4 nitrogen and oxygen atoms in total. The van der Waals surface area contributed by atoms with E-state index in [9.17, 15) is 0 Å². The number of benzene rings is 1. The van der Waals surface area contributed by atoms with Crippen molar-refractivity contribution in [2.45, 2.75) is 32.9 Å². The lowest BCUT2D eigenvalue weighted by molar-refractivity contribution is 0.169. The first-order valence-electron chi connectivity index (χ1n) is 8.86. The molecule has 0 radical (unpaired) electrons. The van der Waals surface area contributed by atoms with E-state index in [1.54, 1.807) is 0 Å². The molecule has 2 aliphatic heterocycles. The van der Waals surface area contributed by atoms with Crippen molar-refractivity contribution in [2.75, 3.05) is 39.3 Å². The maximum atomic E-state index is 6.08. The largest absolute Gasteiger partial charge is 0.460 e. The molecule has 1 unspecified atom stereocenters. The van der Waals surface area contributed by atoms with Crippen molar-refractivity contribution in [3.63, 3.8) is 0 Å². The minimum Gasteiger partial charge on any atom is -0.460 e. The van der Waals surface area contributed by atoms with Crippen molar-refractivity contribution >= 4 is 11.0 Å². The zero-order chi connectivity index (χ0) is 15.8. The Kier molecular flexibility index (Phi) is 4.14. The van der Waals surface area contributed by atoms with Crippen LogP contribution in [0.2, 0.25) is 0 Å². The summed E-state index contributed by atoms with van der Waals surface area (Å²) in [5.74, 6) is 1.10. The average molecular weight is 313 g/mol. The average Bonchev–Trinajstić information content (AvgIpc) is 3.16. The Morgan fingerprint density at radius 2 is 1.87 bits per heavy atom. The van der Waals surface area contributed by atoms with Gasteiger partial charge >= 0.3 is 0 Å². The van der Waals surface area contributed by atoms with Gasteiger partial charge in [0.15, 0.2) is 0 Å². The van der Waals surface area contributed by atoms with Crippen LogP contribution in [-0.2, 0) is 6.54 Å². The lowest BCUT2D eigenvalue weighted by atomic mass is 10.1. The minimum atomic E-state index is 0.728. The van der Waals surface area contributed by atoms with Gasteiger partial charge in [-0.2, -0.15) is 0 Å². The summed E-state index contributed by atoms with van der Waals surface area (Å²) in [6.07, 6.45) is 1.29. The molecule has 1 atom stereocenters. The van der Waals surface area contributed by atoms with Gasteiger partial charge in [-0.05, 0) is 49.6 Å². The number of aryl methyl sites for hydroxylation is 2. The van der Waals surface area contributed by atoms with Crippen LogP contribution in [0.4, 0.5) is 0 Å². The normalized spacial score (nSPS) is 23.8. The molecule has 3 heterocycles. The highest BCUT2D eigenvalue weighted by Crippen LogP contribution is 2.25. The number of furan rings is 1. The van der Waals surface area contributed by atoms with Crippen molar-refractivity contribution in [3.8, 4) is 0 Å². The second kappa shape index (κ2) is 6.27. The Bertz CT molecular complexity index is 648. The summed E-state index contributed by atoms with van der Waals surface area (Å²) in [6.45, 7) is 12.3. The molecule has 1 N–H and O–H groups in total. The number of piperazine rings is 1. The molecule has 2 aromatic rings. The van der Waals surface area contributed by atoms with Crippen molar-refractivity contribution in [1.29, 1.82) is 0 Å². The fourth-order valence-electron chi connectivity index (χ4n) is 3.96. The highest BCUT2D eigenvalue weighted by molar-refractivity contribution is 5.79. The SMILES string of the molecule is Cc1cc2cc(CN3CCC(N4CCNCC4)C3)oc2cc1C. The van der Waals surface area contributed by atoms with Gasteiger partial charge in [-0.3, -0.25) is 9.80 Å². The fraction of sp³-hybridized carbons (Fsp3) is 0.579. The quantitative estimate of drug-likeness (QED) is 0.943. The highest BCUT2D eigenvalue weighted by atomic mass is 16.3. The Labute approximate surface area is 138 Å². The molecular weight excluding hydrogens is 286 g/mol. The molecule has 23 heavy (non-hydrogen) atoms. The molecule has 4 rings (SSSR count). The molecule has 2 fully saturated rings. The summed E-state index contributed by atoms with van der Waals surface area (Å²) in [6, 6.07) is 7.36. The highest BCUT2D eigenvalue weighted by Gasteiger charge is 2.28. The third-order valence-electron chi connectivity index (χ3n) is 5.48. The molecule has 0 bridgehead atoms. The van der Waals surface area contributed by atoms with E-state index in [0.29, 0.717) is 0 Å². The van der Waals surface area contributed by atoms with E-state index in [1.807, 2.05) is 0 Å². The molecule has 0 spiro atoms. The molecule has 2 aliphatic rings. The first kappa shape index (κ1) is 15.2. The second-order valence-electron chi connectivity index (χ2n) is 7.15. The molecule has 1 aromatic carbocycles. The monoisotopic (exact) mass is 313 g/mol. The standard InChI is InChI=1S/C19H27N3O/c1-14-9-16-11-18(23-19(16)10-15(14)2)13-21-6-3-17(12-21)22-7-4-20-5-8-22/h9-11,17,20H,3-8,12-13H2,1-2H3. The molecule has 2 saturated heterocycles. The van der Waals surface area contributed by atoms with E-state index in [1.165, 1.54) is 49.1 Å². The second-order valence-corrected chi connectivity index (χ2v) is 7.15. The van der Waals surface area contributed by atoms with Gasteiger partial charge in [-0.15, -0.1) is 0 Å². The van der Waals surface area contributed by atoms with Crippen LogP contribution in [0.1, 0.15) is 23.3 Å². The maximum Gasteiger partial charge on any atom is 0.134 e. The Balaban J connectivity index is 1.42. The van der Waals surface area contributed by atoms with Crippen LogP contribution in [-0.4, -0.2) is 55.1 Å². The lowest BCUT2D eigenvalue weighted by Crippen LogP contribution is -2.49. The van der Waals surface area contributed by atoms with Gasteiger partial charge in [0, 0.05) is 50.7 Å². The van der Waals surface area contributed by atoms with Gasteiger partial charge in [0.25, 0.3) is 0 Å². The van der Waals surface area contributed by atoms with Crippen LogP contribution >= 0.6 is 0 Å². The Morgan fingerprint density at radius 1 is 1.09 bits per heavy atom. The van der Waals surface area contributed by atoms with Gasteiger partial charge in [-0.25, -0.2) is 0 Å². The number of likely N-dealkylation sites (tertiary alicyclic amines) is 1. The lowest BCUT2D eigenvalue weighted by Gasteiger charge is -2.32. The number of nitrogens with one attached hydrogen (secondary N) is 1. The molecule has 4 heteroatoms. The van der Waals surface area contributed by atoms with Crippen LogP contribution in [0.25, 0.3) is 11.0 Å². The molecule has 0 amide bonds. The molecule has 124 valence electrons. The van der Waals surface area contributed by atoms with Crippen molar-refractivity contribution in [3.05, 3.63) is 35.1 Å². The molecular formula is C19H27N3O. The topological polar surface area (TPSA) is 31.6 Å². The first-order chi connectivity index (χ1) is 11.2. The summed E-state index contributed by atoms with van der Waals surface area (Å²) in [5, 5.41) is 4.68. The van der Waals surface area contributed by atoms with Crippen LogP contribution in [0.3, 0.4) is 0 Å². The van der Waals surface area contributed by atoms with E-state index >= 15 is 0 Å². The maximum absolute atomic E-state index is 6.08. The number of hydrogen-bond donors (Lipinski definition) is 1. The predicted octanol–water partition coefficient (Wildman–Crippen LogP) is 2.53. The van der Waals surface area contributed by atoms with Gasteiger partial charge in [0.2, 0.25) is 0 Å². The van der Waals surface area contributed by atoms with Gasteiger partial charge in [0.05, 0.1) is 6.54 Å². The smallest absolute Gasteiger partial charge is 0.134 e. The molecule has 0 aliphatic carbocycles. The van der Waals surface area contributed by atoms with Gasteiger partial charge < -0.3 is 9.73 Å². The summed E-state index contributed by atoms with van der Waals surface area (Å²) in [7, 11) is 0. The van der Waals surface area contributed by atoms with Crippen LogP contribution in [0.15, 0.2) is 22.6 Å². The summed E-state index contributed by atoms with van der Waals surface area (Å²) in [4.78, 5) is 5.20. The van der Waals surface area contributed by atoms with Gasteiger partial charge in [0.1, 0.15) is 11.3 Å². The van der Waals surface area contributed by atoms with E-state index in [2.05, 4.69) is 47.2 Å². The Hall–Kier alpha value is -1.36. The summed E-state index contributed by atoms with van der Waals surface area (Å²) < 4.78 is 6.08. The number of rotatable bonds is 3. The summed E-state index contributed by atoms with van der Waals surface area (Å²) >= 11 is 0. The number of hydrogen-bond acceptors (Lipinski definition) is 4. The third-order valence-corrected chi connectivity index (χ3v) is 5.48. The van der Waals surface area contributed by atoms with Crippen molar-refractivity contribution < 1.29 is 4.42 Å². The Morgan fingerprint density at radius 3 is 2.70 bits per heavy atom. The van der Waals surface area contributed by atoms with Crippen LogP contribution in [0.5, 0.6) is 0 Å². The minimum absolute atomic E-state index is 0.728. The van der Waals surface area contributed by atoms with E-state index < -0.39 is 0 Å². The predicted molar refractivity (Wildman–Crippen MR) is 93.8 cm³/mol. The van der Waals surface area contributed by atoms with Crippen LogP contribution in [0, 0.1) is 13.8 Å². The third kappa shape index (κ3) is 3.16. The fourth-order valence-corrected chi connectivity index (χ4v) is 3.96. The van der Waals surface area contributed by atoms with Crippen LogP contribution < -0.4 is 5.32 Å². The first-order valence-corrected chi connectivity index (χ1v) is 8.86. The molecule has 0 saturated carbocycles. The summed E-state index contributed by atoms with van der Waals surface area (Å²) in [5.41, 5.74) is 3.67.